The quantitative estimate of drug-likeness (QED) is 0.642. The fraction of sp³-hybridized carbons (Fsp3) is 0.778. The molecule has 0 aromatic heterocycles. The molecule has 0 radical (unpaired) electrons. The highest BCUT2D eigenvalue weighted by atomic mass is 35.5. The summed E-state index contributed by atoms with van der Waals surface area (Å²) in [7, 11) is 0. The maximum Gasteiger partial charge on any atom is 0.320 e. The van der Waals surface area contributed by atoms with E-state index >= 15 is 0 Å². The fourth-order valence-electron chi connectivity index (χ4n) is 0.402. The third-order valence-electron chi connectivity index (χ3n) is 0.986. The Kier molecular flexibility index (Phi) is 8.28. The van der Waals surface area contributed by atoms with Gasteiger partial charge in [0.15, 0.2) is 0 Å². The van der Waals surface area contributed by atoms with Gasteiger partial charge in [0.05, 0.1) is 0 Å². The maximum atomic E-state index is 9.99. The van der Waals surface area contributed by atoms with Gasteiger partial charge in [-0.05, 0) is 27.2 Å². The van der Waals surface area contributed by atoms with Crippen molar-refractivity contribution in [3.63, 3.8) is 0 Å². The van der Waals surface area contributed by atoms with E-state index in [-0.39, 0.29) is 17.7 Å². The van der Waals surface area contributed by atoms with Crippen molar-refractivity contribution in [2.45, 2.75) is 44.5 Å². The molecule has 0 fully saturated rings. The second-order valence-corrected chi connectivity index (χ2v) is 5.08. The van der Waals surface area contributed by atoms with E-state index < -0.39 is 18.0 Å². The van der Waals surface area contributed by atoms with Crippen LogP contribution in [0.2, 0.25) is 0 Å². The molecule has 1 atom stereocenters. The van der Waals surface area contributed by atoms with Crippen LogP contribution < -0.4 is 5.73 Å². The van der Waals surface area contributed by atoms with Crippen molar-refractivity contribution >= 4 is 23.5 Å². The van der Waals surface area contributed by atoms with E-state index in [1.807, 2.05) is 20.8 Å². The van der Waals surface area contributed by atoms with Crippen molar-refractivity contribution in [3.8, 4) is 0 Å². The van der Waals surface area contributed by atoms with E-state index in [1.165, 1.54) is 0 Å². The Bertz CT molecular complexity index is 207. The summed E-state index contributed by atoms with van der Waals surface area (Å²) < 4.78 is 0. The molecule has 90 valence electrons. The lowest BCUT2D eigenvalue weighted by atomic mass is 10.2. The van der Waals surface area contributed by atoms with Crippen LogP contribution in [-0.2, 0) is 9.59 Å². The van der Waals surface area contributed by atoms with Crippen LogP contribution in [0.1, 0.15) is 33.6 Å². The minimum atomic E-state index is -1.17. The Balaban J connectivity index is 0. The van der Waals surface area contributed by atoms with Crippen LogP contribution in [0.5, 0.6) is 0 Å². The first-order valence-electron chi connectivity index (χ1n) is 4.43. The lowest BCUT2D eigenvalue weighted by molar-refractivity contribution is -0.139. The molecule has 0 saturated heterocycles. The van der Waals surface area contributed by atoms with Crippen molar-refractivity contribution < 1.29 is 19.8 Å². The highest BCUT2D eigenvalue weighted by Gasteiger charge is 2.12. The van der Waals surface area contributed by atoms with Gasteiger partial charge in [-0.15, -0.1) is 11.6 Å². The molecule has 0 amide bonds. The zero-order valence-electron chi connectivity index (χ0n) is 9.16. The number of alkyl halides is 1. The van der Waals surface area contributed by atoms with Crippen LogP contribution in [0.15, 0.2) is 0 Å². The number of carboxylic acids is 2. The first-order chi connectivity index (χ1) is 6.54. The van der Waals surface area contributed by atoms with Crippen LogP contribution in [-0.4, -0.2) is 33.1 Å². The topological polar surface area (TPSA) is 101 Å². The minimum Gasteiger partial charge on any atom is -0.481 e. The number of aliphatic carboxylic acids is 2. The predicted octanol–water partition coefficient (Wildman–Crippen LogP) is 1.29. The second kappa shape index (κ2) is 7.48. The third-order valence-corrected chi connectivity index (χ3v) is 0.986. The summed E-state index contributed by atoms with van der Waals surface area (Å²) in [5.74, 6) is -2.20. The molecule has 0 aliphatic heterocycles. The van der Waals surface area contributed by atoms with Crippen LogP contribution in [0, 0.1) is 0 Å². The predicted molar refractivity (Wildman–Crippen MR) is 58.1 cm³/mol. The number of rotatable bonds is 4. The van der Waals surface area contributed by atoms with Gasteiger partial charge in [0.1, 0.15) is 6.04 Å². The van der Waals surface area contributed by atoms with Crippen LogP contribution in [0.4, 0.5) is 0 Å². The average Bonchev–Trinajstić information content (AvgIpc) is 1.96. The van der Waals surface area contributed by atoms with E-state index in [0.717, 1.165) is 0 Å². The van der Waals surface area contributed by atoms with Crippen molar-refractivity contribution in [2.75, 3.05) is 0 Å². The summed E-state index contributed by atoms with van der Waals surface area (Å²) in [6, 6.07) is -1.06. The zero-order valence-corrected chi connectivity index (χ0v) is 9.91. The zero-order chi connectivity index (χ0) is 12.6. The average molecular weight is 240 g/mol. The molecule has 4 N–H and O–H groups in total. The smallest absolute Gasteiger partial charge is 0.320 e. The molecule has 0 unspecified atom stereocenters. The Morgan fingerprint density at radius 1 is 1.33 bits per heavy atom. The molecule has 0 aromatic carbocycles. The molecular formula is C9H18ClNO4. The molecule has 0 heterocycles. The van der Waals surface area contributed by atoms with Crippen molar-refractivity contribution in [2.24, 2.45) is 5.73 Å². The van der Waals surface area contributed by atoms with Crippen LogP contribution in [0.25, 0.3) is 0 Å². The number of halogens is 1. The van der Waals surface area contributed by atoms with E-state index in [0.29, 0.717) is 0 Å². The minimum absolute atomic E-state index is 0.0231. The standard InChI is InChI=1S/C5H9NO4.C4H9Cl/c6-3(5(9)10)1-2-4(7)8;1-4(2,3)5/h3H,1-2,6H2,(H,7,8)(H,9,10);1-3H3/t3-;/m0./s1. The van der Waals surface area contributed by atoms with Crippen molar-refractivity contribution in [3.05, 3.63) is 0 Å². The van der Waals surface area contributed by atoms with Gasteiger partial charge in [0, 0.05) is 11.3 Å². The van der Waals surface area contributed by atoms with Gasteiger partial charge in [-0.1, -0.05) is 0 Å². The molecule has 15 heavy (non-hydrogen) atoms. The largest absolute Gasteiger partial charge is 0.481 e. The molecule has 5 nitrogen and oxygen atoms in total. The molecule has 0 aliphatic rings. The summed E-state index contributed by atoms with van der Waals surface area (Å²) in [6.07, 6.45) is -0.224. The number of carbonyl (C=O) groups is 2. The van der Waals surface area contributed by atoms with Crippen LogP contribution in [0.3, 0.4) is 0 Å². The monoisotopic (exact) mass is 239 g/mol. The third kappa shape index (κ3) is 24.6. The Morgan fingerprint density at radius 3 is 1.87 bits per heavy atom. The number of hydrogen-bond acceptors (Lipinski definition) is 3. The molecule has 0 rings (SSSR count). The molecule has 0 aromatic rings. The number of carboxylic acid groups (broad SMARTS) is 2. The fourth-order valence-corrected chi connectivity index (χ4v) is 0.402. The van der Waals surface area contributed by atoms with Gasteiger partial charge < -0.3 is 15.9 Å². The molecule has 0 spiro atoms. The normalized spacial score (nSPS) is 12.3. The van der Waals surface area contributed by atoms with Gasteiger partial charge in [-0.25, -0.2) is 0 Å². The highest BCUT2D eigenvalue weighted by Crippen LogP contribution is 2.07. The summed E-state index contributed by atoms with van der Waals surface area (Å²) >= 11 is 5.53. The first kappa shape index (κ1) is 16.6. The Labute approximate surface area is 94.2 Å². The molecule has 0 bridgehead atoms. The van der Waals surface area contributed by atoms with Crippen LogP contribution >= 0.6 is 11.6 Å². The van der Waals surface area contributed by atoms with Gasteiger partial charge in [0.2, 0.25) is 0 Å². The Morgan fingerprint density at radius 2 is 1.67 bits per heavy atom. The Hall–Kier alpha value is -0.810. The number of nitrogens with two attached hydrogens (primary N) is 1. The lowest BCUT2D eigenvalue weighted by Crippen LogP contribution is -2.30. The SMILES string of the molecule is CC(C)(C)Cl.N[C@@H](CCC(=O)O)C(=O)O. The highest BCUT2D eigenvalue weighted by molar-refractivity contribution is 6.23. The second-order valence-electron chi connectivity index (χ2n) is 3.94. The summed E-state index contributed by atoms with van der Waals surface area (Å²) in [4.78, 5) is 19.8. The van der Waals surface area contributed by atoms with E-state index in [1.54, 1.807) is 0 Å². The van der Waals surface area contributed by atoms with Gasteiger partial charge in [-0.3, -0.25) is 9.59 Å². The molecular weight excluding hydrogens is 222 g/mol. The van der Waals surface area contributed by atoms with Gasteiger partial charge in [-0.2, -0.15) is 0 Å². The first-order valence-corrected chi connectivity index (χ1v) is 4.81. The summed E-state index contributed by atoms with van der Waals surface area (Å²) in [5, 5.41) is 16.3. The lowest BCUT2D eigenvalue weighted by Gasteiger charge is -2.01. The van der Waals surface area contributed by atoms with E-state index in [4.69, 9.17) is 27.5 Å². The van der Waals surface area contributed by atoms with Gasteiger partial charge in [0.25, 0.3) is 0 Å². The van der Waals surface area contributed by atoms with Crippen molar-refractivity contribution in [1.29, 1.82) is 0 Å². The van der Waals surface area contributed by atoms with Crippen molar-refractivity contribution in [1.82, 2.24) is 0 Å². The maximum absolute atomic E-state index is 9.99. The molecule has 0 aliphatic carbocycles. The summed E-state index contributed by atoms with van der Waals surface area (Å²) in [6.45, 7) is 5.86. The summed E-state index contributed by atoms with van der Waals surface area (Å²) in [5.41, 5.74) is 5.00. The number of hydrogen-bond donors (Lipinski definition) is 3. The van der Waals surface area contributed by atoms with E-state index in [9.17, 15) is 9.59 Å². The van der Waals surface area contributed by atoms with Gasteiger partial charge >= 0.3 is 11.9 Å². The molecule has 6 heteroatoms. The molecule has 0 saturated carbocycles. The van der Waals surface area contributed by atoms with E-state index in [2.05, 4.69) is 0 Å².